The SMILES string of the molecule is O=C(CCl)N1CCN(Cc2ccc(Cl)s2)CC1. The van der Waals surface area contributed by atoms with Crippen molar-refractivity contribution in [2.45, 2.75) is 6.54 Å². The van der Waals surface area contributed by atoms with Gasteiger partial charge in [-0.2, -0.15) is 0 Å². The van der Waals surface area contributed by atoms with Gasteiger partial charge in [0, 0.05) is 37.6 Å². The van der Waals surface area contributed by atoms with Crippen molar-refractivity contribution in [1.82, 2.24) is 9.80 Å². The molecule has 2 heterocycles. The van der Waals surface area contributed by atoms with Gasteiger partial charge in [-0.15, -0.1) is 22.9 Å². The van der Waals surface area contributed by atoms with Crippen LogP contribution in [0, 0.1) is 0 Å². The van der Waals surface area contributed by atoms with Crippen molar-refractivity contribution in [2.75, 3.05) is 32.1 Å². The summed E-state index contributed by atoms with van der Waals surface area (Å²) in [4.78, 5) is 16.8. The average molecular weight is 293 g/mol. The van der Waals surface area contributed by atoms with Crippen molar-refractivity contribution in [2.24, 2.45) is 0 Å². The topological polar surface area (TPSA) is 23.6 Å². The standard InChI is InChI=1S/C11H14Cl2N2OS/c12-7-11(16)15-5-3-14(4-6-15)8-9-1-2-10(13)17-9/h1-2H,3-8H2. The van der Waals surface area contributed by atoms with E-state index in [1.165, 1.54) is 4.88 Å². The average Bonchev–Trinajstić information content (AvgIpc) is 2.75. The van der Waals surface area contributed by atoms with E-state index in [1.807, 2.05) is 11.0 Å². The molecule has 0 saturated carbocycles. The van der Waals surface area contributed by atoms with Gasteiger partial charge in [0.25, 0.3) is 0 Å². The second-order valence-corrected chi connectivity index (χ2v) is 6.06. The zero-order valence-corrected chi connectivity index (χ0v) is 11.7. The number of hydrogen-bond donors (Lipinski definition) is 0. The summed E-state index contributed by atoms with van der Waals surface area (Å²) in [6, 6.07) is 3.98. The normalized spacial score (nSPS) is 17.4. The van der Waals surface area contributed by atoms with Crippen molar-refractivity contribution < 1.29 is 4.79 Å². The van der Waals surface area contributed by atoms with Crippen LogP contribution in [0.15, 0.2) is 12.1 Å². The zero-order valence-electron chi connectivity index (χ0n) is 9.36. The minimum absolute atomic E-state index is 0.0329. The third-order valence-corrected chi connectivity index (χ3v) is 4.29. The fraction of sp³-hybridized carbons (Fsp3) is 0.545. The predicted molar refractivity (Wildman–Crippen MR) is 71.9 cm³/mol. The largest absolute Gasteiger partial charge is 0.339 e. The van der Waals surface area contributed by atoms with Gasteiger partial charge in [0.15, 0.2) is 0 Å². The highest BCUT2D eigenvalue weighted by Gasteiger charge is 2.20. The number of halogens is 2. The maximum absolute atomic E-state index is 11.4. The van der Waals surface area contributed by atoms with E-state index < -0.39 is 0 Å². The molecular weight excluding hydrogens is 279 g/mol. The number of carbonyl (C=O) groups excluding carboxylic acids is 1. The molecule has 0 unspecified atom stereocenters. The Morgan fingerprint density at radius 3 is 2.53 bits per heavy atom. The highest BCUT2D eigenvalue weighted by molar-refractivity contribution is 7.16. The van der Waals surface area contributed by atoms with Gasteiger partial charge >= 0.3 is 0 Å². The van der Waals surface area contributed by atoms with Gasteiger partial charge in [-0.25, -0.2) is 0 Å². The van der Waals surface area contributed by atoms with E-state index in [1.54, 1.807) is 11.3 Å². The van der Waals surface area contributed by atoms with Crippen LogP contribution in [-0.4, -0.2) is 47.8 Å². The number of carbonyl (C=O) groups is 1. The number of rotatable bonds is 3. The van der Waals surface area contributed by atoms with E-state index in [0.717, 1.165) is 37.1 Å². The molecule has 1 amide bonds. The lowest BCUT2D eigenvalue weighted by Gasteiger charge is -2.34. The fourth-order valence-electron chi connectivity index (χ4n) is 1.90. The fourth-order valence-corrected chi connectivity index (χ4v) is 3.20. The molecule has 1 saturated heterocycles. The molecule has 17 heavy (non-hydrogen) atoms. The Labute approximate surface area is 115 Å². The number of hydrogen-bond acceptors (Lipinski definition) is 3. The third-order valence-electron chi connectivity index (χ3n) is 2.85. The molecule has 0 spiro atoms. The maximum Gasteiger partial charge on any atom is 0.237 e. The molecule has 1 aromatic heterocycles. The van der Waals surface area contributed by atoms with Gasteiger partial charge in [0.2, 0.25) is 5.91 Å². The summed E-state index contributed by atoms with van der Waals surface area (Å²) in [6.07, 6.45) is 0. The summed E-state index contributed by atoms with van der Waals surface area (Å²) in [5, 5.41) is 0. The number of amides is 1. The quantitative estimate of drug-likeness (QED) is 0.798. The second-order valence-electron chi connectivity index (χ2n) is 4.00. The predicted octanol–water partition coefficient (Wildman–Crippen LogP) is 2.28. The van der Waals surface area contributed by atoms with Gasteiger partial charge < -0.3 is 4.90 Å². The molecule has 3 nitrogen and oxygen atoms in total. The molecular formula is C11H14Cl2N2OS. The third kappa shape index (κ3) is 3.58. The number of thiophene rings is 1. The van der Waals surface area contributed by atoms with Crippen LogP contribution in [-0.2, 0) is 11.3 Å². The Morgan fingerprint density at radius 1 is 1.29 bits per heavy atom. The highest BCUT2D eigenvalue weighted by atomic mass is 35.5. The molecule has 2 rings (SSSR count). The Kier molecular flexibility index (Phi) is 4.68. The lowest BCUT2D eigenvalue weighted by atomic mass is 10.3. The Hall–Kier alpha value is -0.290. The molecule has 0 bridgehead atoms. The van der Waals surface area contributed by atoms with Crippen molar-refractivity contribution >= 4 is 40.4 Å². The maximum atomic E-state index is 11.4. The Morgan fingerprint density at radius 2 is 2.00 bits per heavy atom. The number of piperazine rings is 1. The molecule has 1 aromatic rings. The Bertz CT molecular complexity index is 389. The van der Waals surface area contributed by atoms with E-state index in [-0.39, 0.29) is 11.8 Å². The molecule has 0 N–H and O–H groups in total. The van der Waals surface area contributed by atoms with Crippen LogP contribution in [0.25, 0.3) is 0 Å². The van der Waals surface area contributed by atoms with E-state index in [4.69, 9.17) is 23.2 Å². The van der Waals surface area contributed by atoms with Crippen molar-refractivity contribution in [3.05, 3.63) is 21.3 Å². The monoisotopic (exact) mass is 292 g/mol. The summed E-state index contributed by atoms with van der Waals surface area (Å²) >= 11 is 13.0. The lowest BCUT2D eigenvalue weighted by Crippen LogP contribution is -2.48. The van der Waals surface area contributed by atoms with Gasteiger partial charge in [-0.05, 0) is 12.1 Å². The molecule has 0 radical (unpaired) electrons. The van der Waals surface area contributed by atoms with Gasteiger partial charge in [0.05, 0.1) is 4.34 Å². The first-order valence-corrected chi connectivity index (χ1v) is 7.22. The van der Waals surface area contributed by atoms with Crippen molar-refractivity contribution in [1.29, 1.82) is 0 Å². The Balaban J connectivity index is 1.81. The van der Waals surface area contributed by atoms with E-state index in [2.05, 4.69) is 11.0 Å². The van der Waals surface area contributed by atoms with E-state index in [9.17, 15) is 4.79 Å². The summed E-state index contributed by atoms with van der Waals surface area (Å²) < 4.78 is 0.830. The highest BCUT2D eigenvalue weighted by Crippen LogP contribution is 2.23. The zero-order chi connectivity index (χ0) is 12.3. The van der Waals surface area contributed by atoms with Crippen LogP contribution >= 0.6 is 34.5 Å². The molecule has 1 aliphatic rings. The molecule has 0 aliphatic carbocycles. The van der Waals surface area contributed by atoms with E-state index >= 15 is 0 Å². The number of alkyl halides is 1. The molecule has 0 aromatic carbocycles. The first-order chi connectivity index (χ1) is 8.19. The van der Waals surface area contributed by atoms with Crippen LogP contribution in [0.1, 0.15) is 4.88 Å². The summed E-state index contributed by atoms with van der Waals surface area (Å²) in [5.41, 5.74) is 0. The summed E-state index contributed by atoms with van der Waals surface area (Å²) in [5.74, 6) is 0.117. The molecule has 1 fully saturated rings. The molecule has 94 valence electrons. The smallest absolute Gasteiger partial charge is 0.237 e. The first-order valence-electron chi connectivity index (χ1n) is 5.49. The van der Waals surface area contributed by atoms with Crippen molar-refractivity contribution in [3.63, 3.8) is 0 Å². The minimum atomic E-state index is 0.0329. The van der Waals surface area contributed by atoms with Crippen LogP contribution in [0.5, 0.6) is 0 Å². The molecule has 6 heteroatoms. The lowest BCUT2D eigenvalue weighted by molar-refractivity contribution is -0.130. The summed E-state index contributed by atoms with van der Waals surface area (Å²) in [7, 11) is 0. The van der Waals surface area contributed by atoms with Crippen LogP contribution in [0.4, 0.5) is 0 Å². The van der Waals surface area contributed by atoms with Gasteiger partial charge in [0.1, 0.15) is 5.88 Å². The van der Waals surface area contributed by atoms with Crippen LogP contribution < -0.4 is 0 Å². The van der Waals surface area contributed by atoms with Crippen molar-refractivity contribution in [3.8, 4) is 0 Å². The van der Waals surface area contributed by atoms with E-state index in [0.29, 0.717) is 0 Å². The van der Waals surface area contributed by atoms with Gasteiger partial charge in [-0.3, -0.25) is 9.69 Å². The van der Waals surface area contributed by atoms with Gasteiger partial charge in [-0.1, -0.05) is 11.6 Å². The van der Waals surface area contributed by atoms with Crippen LogP contribution in [0.3, 0.4) is 0 Å². The summed E-state index contributed by atoms with van der Waals surface area (Å²) in [6.45, 7) is 4.26. The molecule has 1 aliphatic heterocycles. The van der Waals surface area contributed by atoms with Crippen LogP contribution in [0.2, 0.25) is 4.34 Å². The second kappa shape index (κ2) is 6.05. The minimum Gasteiger partial charge on any atom is -0.339 e. The molecule has 0 atom stereocenters. The first kappa shape index (κ1) is 13.1. The number of nitrogens with zero attached hydrogens (tertiary/aromatic N) is 2.